The topological polar surface area (TPSA) is 182 Å². The third kappa shape index (κ3) is 4.68. The van der Waals surface area contributed by atoms with Crippen LogP contribution in [-0.4, -0.2) is 106 Å². The maximum Gasteiger partial charge on any atom is 0.230 e. The molecule has 1 aromatic rings. The number of primary amides is 1. The summed E-state index contributed by atoms with van der Waals surface area (Å²) < 4.78 is 0. The smallest absolute Gasteiger partial charge is 0.230 e. The number of carbonyl (C=O) groups excluding carboxylic acids is 4. The summed E-state index contributed by atoms with van der Waals surface area (Å²) in [5.74, 6) is -8.16. The van der Waals surface area contributed by atoms with Gasteiger partial charge in [0.2, 0.25) is 5.91 Å². The van der Waals surface area contributed by atoms with Crippen molar-refractivity contribution in [1.82, 2.24) is 9.80 Å². The number of phenolic OH excluding ortho intramolecular Hbond substituents is 1. The molecular weight excluding hydrogens is 530 g/mol. The number of nitrogens with zero attached hydrogens (tertiary/aromatic N) is 2. The van der Waals surface area contributed by atoms with Crippen molar-refractivity contribution < 1.29 is 39.6 Å². The SMILES string of the molecule is CN(C)CCC(=O)c1cc(C(C)(C)C)c(O)c2c1C[C@H]1C[C@H]3[C@H](N(C)C)C(O)C(C(N)=O)C(=O)[C@@]3(O)C(O)=C1C2=O. The molecule has 0 aliphatic heterocycles. The van der Waals surface area contributed by atoms with Gasteiger partial charge in [0.15, 0.2) is 23.0 Å². The van der Waals surface area contributed by atoms with Crippen LogP contribution in [0.3, 0.4) is 0 Å². The summed E-state index contributed by atoms with van der Waals surface area (Å²) in [7, 11) is 6.90. The zero-order valence-corrected chi connectivity index (χ0v) is 24.7. The third-order valence-electron chi connectivity index (χ3n) is 8.99. The lowest BCUT2D eigenvalue weighted by Crippen LogP contribution is -2.71. The monoisotopic (exact) mass is 571 g/mol. The highest BCUT2D eigenvalue weighted by Crippen LogP contribution is 2.53. The van der Waals surface area contributed by atoms with Crippen LogP contribution in [0, 0.1) is 17.8 Å². The number of hydrogen-bond donors (Lipinski definition) is 5. The predicted molar refractivity (Wildman–Crippen MR) is 150 cm³/mol. The average molecular weight is 572 g/mol. The average Bonchev–Trinajstić information content (AvgIpc) is 2.83. The van der Waals surface area contributed by atoms with Crippen molar-refractivity contribution in [3.8, 4) is 5.75 Å². The summed E-state index contributed by atoms with van der Waals surface area (Å²) >= 11 is 0. The van der Waals surface area contributed by atoms with Gasteiger partial charge in [0.25, 0.3) is 0 Å². The Morgan fingerprint density at radius 3 is 2.24 bits per heavy atom. The number of carbonyl (C=O) groups is 4. The molecule has 0 radical (unpaired) electrons. The van der Waals surface area contributed by atoms with Crippen LogP contribution in [0.1, 0.15) is 65.5 Å². The highest BCUT2D eigenvalue weighted by molar-refractivity contribution is 6.17. The summed E-state index contributed by atoms with van der Waals surface area (Å²) in [6.07, 6.45) is -1.30. The predicted octanol–water partition coefficient (Wildman–Crippen LogP) is 0.718. The number of aliphatic hydroxyl groups excluding tert-OH is 2. The number of likely N-dealkylation sites (N-methyl/N-ethyl adjacent to an activating group) is 1. The first-order valence-corrected chi connectivity index (χ1v) is 13.8. The number of amides is 1. The number of fused-ring (bicyclic) bond motifs is 3. The highest BCUT2D eigenvalue weighted by Gasteiger charge is 2.66. The second kappa shape index (κ2) is 10.3. The molecular formula is C30H41N3O8. The Morgan fingerprint density at radius 2 is 1.73 bits per heavy atom. The van der Waals surface area contributed by atoms with E-state index in [9.17, 15) is 39.6 Å². The van der Waals surface area contributed by atoms with E-state index < -0.39 is 64.1 Å². The third-order valence-corrected chi connectivity index (χ3v) is 8.99. The molecule has 4 rings (SSSR count). The minimum Gasteiger partial charge on any atom is -0.508 e. The Kier molecular flexibility index (Phi) is 7.75. The van der Waals surface area contributed by atoms with E-state index in [-0.39, 0.29) is 41.9 Å². The Labute approximate surface area is 239 Å². The molecule has 3 aliphatic carbocycles. The van der Waals surface area contributed by atoms with E-state index in [0.29, 0.717) is 23.2 Å². The molecule has 41 heavy (non-hydrogen) atoms. The molecule has 11 nitrogen and oxygen atoms in total. The second-order valence-corrected chi connectivity index (χ2v) is 13.2. The van der Waals surface area contributed by atoms with Gasteiger partial charge in [0.1, 0.15) is 17.4 Å². The highest BCUT2D eigenvalue weighted by atomic mass is 16.4. The van der Waals surface area contributed by atoms with Gasteiger partial charge in [-0.3, -0.25) is 19.2 Å². The lowest BCUT2D eigenvalue weighted by atomic mass is 9.55. The number of Topliss-reactive ketones (excluding diaryl/α,β-unsaturated/α-hetero) is 3. The number of rotatable bonds is 6. The molecule has 11 heteroatoms. The van der Waals surface area contributed by atoms with Gasteiger partial charge in [0, 0.05) is 41.6 Å². The minimum absolute atomic E-state index is 0.00862. The molecule has 2 unspecified atom stereocenters. The molecule has 224 valence electrons. The van der Waals surface area contributed by atoms with E-state index in [4.69, 9.17) is 5.73 Å². The maximum absolute atomic E-state index is 14.1. The molecule has 1 amide bonds. The molecule has 0 spiro atoms. The Morgan fingerprint density at radius 1 is 1.12 bits per heavy atom. The lowest BCUT2D eigenvalue weighted by Gasteiger charge is -2.53. The molecule has 0 saturated heterocycles. The van der Waals surface area contributed by atoms with Crippen LogP contribution in [0.4, 0.5) is 0 Å². The zero-order chi connectivity index (χ0) is 30.9. The van der Waals surface area contributed by atoms with Gasteiger partial charge in [-0.05, 0) is 64.0 Å². The van der Waals surface area contributed by atoms with Crippen LogP contribution < -0.4 is 5.73 Å². The molecule has 0 bridgehead atoms. The van der Waals surface area contributed by atoms with Gasteiger partial charge in [-0.15, -0.1) is 0 Å². The van der Waals surface area contributed by atoms with Gasteiger partial charge in [-0.2, -0.15) is 0 Å². The van der Waals surface area contributed by atoms with Gasteiger partial charge >= 0.3 is 0 Å². The van der Waals surface area contributed by atoms with Crippen molar-refractivity contribution in [1.29, 1.82) is 0 Å². The van der Waals surface area contributed by atoms with E-state index >= 15 is 0 Å². The first kappa shape index (κ1) is 30.8. The normalized spacial score (nSPS) is 29.9. The van der Waals surface area contributed by atoms with Gasteiger partial charge < -0.3 is 36.0 Å². The van der Waals surface area contributed by atoms with Crippen LogP contribution in [0.25, 0.3) is 0 Å². The Bertz CT molecular complexity index is 1360. The fourth-order valence-electron chi connectivity index (χ4n) is 6.95. The fourth-order valence-corrected chi connectivity index (χ4v) is 6.95. The number of ketones is 3. The number of phenols is 1. The number of aliphatic hydroxyl groups is 3. The van der Waals surface area contributed by atoms with Crippen molar-refractivity contribution in [2.75, 3.05) is 34.7 Å². The summed E-state index contributed by atoms with van der Waals surface area (Å²) in [4.78, 5) is 56.8. The van der Waals surface area contributed by atoms with Crippen molar-refractivity contribution in [3.63, 3.8) is 0 Å². The molecule has 1 saturated carbocycles. The number of aromatic hydroxyl groups is 1. The minimum atomic E-state index is -2.66. The van der Waals surface area contributed by atoms with Gasteiger partial charge in [-0.25, -0.2) is 0 Å². The second-order valence-electron chi connectivity index (χ2n) is 13.2. The van der Waals surface area contributed by atoms with Crippen LogP contribution >= 0.6 is 0 Å². The van der Waals surface area contributed by atoms with Crippen LogP contribution in [0.2, 0.25) is 0 Å². The number of allylic oxidation sites excluding steroid dienone is 1. The standard InChI is InChI=1S/C30H41N3O8/c1-29(2,3)17-12-14(18(34)8-9-32(4)5)15-10-13-11-16-22(33(6)7)25(37)21(28(31)40)27(39)30(16,41)26(38)19(13)24(36)20(15)23(17)35/h12-13,16,21-22,25,35,37-38,41H,8-11H2,1-7H3,(H2,31,40)/t13-,16-,21?,22-,25?,30-/m0/s1. The van der Waals surface area contributed by atoms with Crippen LogP contribution in [0.5, 0.6) is 5.75 Å². The summed E-state index contributed by atoms with van der Waals surface area (Å²) in [6, 6.07) is 0.675. The molecule has 6 atom stereocenters. The Balaban J connectivity index is 1.97. The zero-order valence-electron chi connectivity index (χ0n) is 24.7. The largest absolute Gasteiger partial charge is 0.508 e. The van der Waals surface area contributed by atoms with Crippen LogP contribution in [0.15, 0.2) is 17.4 Å². The summed E-state index contributed by atoms with van der Waals surface area (Å²) in [5.41, 5.74) is 2.81. The van der Waals surface area contributed by atoms with Crippen molar-refractivity contribution in [3.05, 3.63) is 39.7 Å². The van der Waals surface area contributed by atoms with Gasteiger partial charge in [0.05, 0.1) is 11.7 Å². The number of hydrogen-bond acceptors (Lipinski definition) is 10. The molecule has 1 fully saturated rings. The van der Waals surface area contributed by atoms with E-state index in [1.807, 2.05) is 39.8 Å². The van der Waals surface area contributed by atoms with E-state index in [1.54, 1.807) is 25.1 Å². The van der Waals surface area contributed by atoms with Crippen molar-refractivity contribution >= 4 is 23.3 Å². The molecule has 0 heterocycles. The first-order chi connectivity index (χ1) is 18.8. The van der Waals surface area contributed by atoms with E-state index in [1.165, 1.54) is 0 Å². The summed E-state index contributed by atoms with van der Waals surface area (Å²) in [6.45, 7) is 5.98. The van der Waals surface area contributed by atoms with Crippen molar-refractivity contribution in [2.45, 2.75) is 63.2 Å². The molecule has 6 N–H and O–H groups in total. The van der Waals surface area contributed by atoms with Crippen molar-refractivity contribution in [2.24, 2.45) is 23.5 Å². The summed E-state index contributed by atoms with van der Waals surface area (Å²) in [5, 5.41) is 45.8. The number of nitrogens with two attached hydrogens (primary N) is 1. The first-order valence-electron chi connectivity index (χ1n) is 13.8. The van der Waals surface area contributed by atoms with Crippen LogP contribution in [-0.2, 0) is 21.4 Å². The number of benzene rings is 1. The van der Waals surface area contributed by atoms with E-state index in [0.717, 1.165) is 0 Å². The fraction of sp³-hybridized carbons (Fsp3) is 0.600. The van der Waals surface area contributed by atoms with Gasteiger partial charge in [-0.1, -0.05) is 20.8 Å². The molecule has 1 aromatic carbocycles. The maximum atomic E-state index is 14.1. The Hall–Kier alpha value is -3.12. The quantitative estimate of drug-likeness (QED) is 0.241. The molecule has 3 aliphatic rings. The van der Waals surface area contributed by atoms with E-state index in [2.05, 4.69) is 0 Å². The molecule has 0 aromatic heterocycles. The lowest BCUT2D eigenvalue weighted by molar-refractivity contribution is -0.178.